The molecular weight excluding hydrogens is 347 g/mol. The lowest BCUT2D eigenvalue weighted by Crippen LogP contribution is -2.53. The Hall–Kier alpha value is -1.87. The minimum Gasteiger partial charge on any atom is -0.489 e. The fraction of sp³-hybridized carbons (Fsp3) is 0.562. The average molecular weight is 374 g/mol. The van der Waals surface area contributed by atoms with Gasteiger partial charge in [0.1, 0.15) is 6.61 Å². The van der Waals surface area contributed by atoms with Crippen LogP contribution in [-0.2, 0) is 10.0 Å². The van der Waals surface area contributed by atoms with Gasteiger partial charge in [-0.3, -0.25) is 4.99 Å². The van der Waals surface area contributed by atoms with Crippen LogP contribution < -0.4 is 14.8 Å². The summed E-state index contributed by atoms with van der Waals surface area (Å²) in [6, 6.07) is 6.23. The summed E-state index contributed by atoms with van der Waals surface area (Å²) < 4.78 is 44.2. The molecule has 7 nitrogen and oxygen atoms in total. The van der Waals surface area contributed by atoms with Crippen LogP contribution in [-0.4, -0.2) is 64.9 Å². The van der Waals surface area contributed by atoms with Gasteiger partial charge in [0, 0.05) is 26.2 Å². The summed E-state index contributed by atoms with van der Waals surface area (Å²) in [7, 11) is 0.144. The zero-order chi connectivity index (χ0) is 19.1. The van der Waals surface area contributed by atoms with Crippen LogP contribution in [0.3, 0.4) is 0 Å². The van der Waals surface area contributed by atoms with Crippen molar-refractivity contribution >= 4 is 16.0 Å². The number of para-hydroxylation sites is 1. The van der Waals surface area contributed by atoms with Crippen LogP contribution in [0.1, 0.15) is 13.8 Å². The SMILES string of the molecule is CN=C(NCC(C)(C)NS(C)(=O)=O)N(C)CCOc1ccccc1F. The molecule has 0 atom stereocenters. The first-order valence-electron chi connectivity index (χ1n) is 7.82. The van der Waals surface area contributed by atoms with Crippen molar-refractivity contribution < 1.29 is 17.5 Å². The predicted molar refractivity (Wildman–Crippen MR) is 97.9 cm³/mol. The summed E-state index contributed by atoms with van der Waals surface area (Å²) in [5.74, 6) is 0.388. The number of hydrogen-bond donors (Lipinski definition) is 2. The van der Waals surface area contributed by atoms with Gasteiger partial charge in [0.05, 0.1) is 12.8 Å². The van der Waals surface area contributed by atoms with E-state index in [0.717, 1.165) is 6.26 Å². The van der Waals surface area contributed by atoms with Crippen LogP contribution >= 0.6 is 0 Å². The van der Waals surface area contributed by atoms with Crippen molar-refractivity contribution in [2.45, 2.75) is 19.4 Å². The number of guanidine groups is 1. The van der Waals surface area contributed by atoms with Crippen molar-refractivity contribution in [3.63, 3.8) is 0 Å². The third kappa shape index (κ3) is 8.17. The number of hydrogen-bond acceptors (Lipinski definition) is 4. The Morgan fingerprint density at radius 3 is 2.56 bits per heavy atom. The summed E-state index contributed by atoms with van der Waals surface area (Å²) in [5, 5.41) is 3.11. The molecule has 0 radical (unpaired) electrons. The van der Waals surface area contributed by atoms with E-state index in [-0.39, 0.29) is 12.4 Å². The van der Waals surface area contributed by atoms with Gasteiger partial charge in [-0.15, -0.1) is 0 Å². The molecule has 142 valence electrons. The van der Waals surface area contributed by atoms with Crippen molar-refractivity contribution in [3.05, 3.63) is 30.1 Å². The van der Waals surface area contributed by atoms with Crippen LogP contribution in [0.4, 0.5) is 4.39 Å². The van der Waals surface area contributed by atoms with Crippen LogP contribution in [0.5, 0.6) is 5.75 Å². The lowest BCUT2D eigenvalue weighted by Gasteiger charge is -2.29. The molecule has 0 aliphatic heterocycles. The van der Waals surface area contributed by atoms with Crippen LogP contribution in [0.25, 0.3) is 0 Å². The van der Waals surface area contributed by atoms with E-state index >= 15 is 0 Å². The van der Waals surface area contributed by atoms with Gasteiger partial charge in [-0.2, -0.15) is 0 Å². The summed E-state index contributed by atoms with van der Waals surface area (Å²) in [6.07, 6.45) is 1.12. The summed E-state index contributed by atoms with van der Waals surface area (Å²) in [4.78, 5) is 5.97. The van der Waals surface area contributed by atoms with Crippen molar-refractivity contribution in [1.82, 2.24) is 14.9 Å². The minimum absolute atomic E-state index is 0.206. The molecule has 0 unspecified atom stereocenters. The number of nitrogens with one attached hydrogen (secondary N) is 2. The summed E-state index contributed by atoms with van der Waals surface area (Å²) in [6.45, 7) is 4.66. The molecule has 0 spiro atoms. The van der Waals surface area contributed by atoms with E-state index in [1.165, 1.54) is 6.07 Å². The van der Waals surface area contributed by atoms with E-state index in [2.05, 4.69) is 15.0 Å². The van der Waals surface area contributed by atoms with E-state index in [9.17, 15) is 12.8 Å². The maximum absolute atomic E-state index is 13.5. The van der Waals surface area contributed by atoms with Gasteiger partial charge >= 0.3 is 0 Å². The maximum atomic E-state index is 13.5. The van der Waals surface area contributed by atoms with Gasteiger partial charge in [-0.05, 0) is 26.0 Å². The third-order valence-electron chi connectivity index (χ3n) is 3.24. The van der Waals surface area contributed by atoms with Gasteiger partial charge < -0.3 is 15.0 Å². The van der Waals surface area contributed by atoms with Crippen LogP contribution in [0, 0.1) is 5.82 Å². The Balaban J connectivity index is 2.49. The zero-order valence-corrected chi connectivity index (χ0v) is 16.2. The van der Waals surface area contributed by atoms with E-state index < -0.39 is 21.4 Å². The molecule has 0 aliphatic rings. The van der Waals surface area contributed by atoms with Gasteiger partial charge in [0.25, 0.3) is 0 Å². The lowest BCUT2D eigenvalue weighted by atomic mass is 10.1. The largest absolute Gasteiger partial charge is 0.489 e. The second kappa shape index (κ2) is 9.00. The fourth-order valence-corrected chi connectivity index (χ4v) is 3.26. The normalized spacial score (nSPS) is 12.8. The Morgan fingerprint density at radius 1 is 1.36 bits per heavy atom. The number of benzene rings is 1. The first-order valence-corrected chi connectivity index (χ1v) is 9.71. The highest BCUT2D eigenvalue weighted by Gasteiger charge is 2.22. The van der Waals surface area contributed by atoms with Crippen molar-refractivity contribution in [2.75, 3.05) is 40.0 Å². The topological polar surface area (TPSA) is 83.0 Å². The maximum Gasteiger partial charge on any atom is 0.209 e. The van der Waals surface area contributed by atoms with Crippen LogP contribution in [0.2, 0.25) is 0 Å². The minimum atomic E-state index is -3.30. The van der Waals surface area contributed by atoms with Crippen molar-refractivity contribution in [2.24, 2.45) is 4.99 Å². The van der Waals surface area contributed by atoms with E-state index in [4.69, 9.17) is 4.74 Å². The molecule has 0 fully saturated rings. The highest BCUT2D eigenvalue weighted by atomic mass is 32.2. The quantitative estimate of drug-likeness (QED) is 0.525. The highest BCUT2D eigenvalue weighted by molar-refractivity contribution is 7.88. The standard InChI is InChI=1S/C16H27FN4O3S/c1-16(2,20-25(5,22)23)12-19-15(18-3)21(4)10-11-24-14-9-7-6-8-13(14)17/h6-9,20H,10-12H2,1-5H3,(H,18,19). The molecule has 0 aromatic heterocycles. The number of aliphatic imine (C=N–C) groups is 1. The first kappa shape index (κ1) is 21.2. The molecule has 1 rings (SSSR count). The van der Waals surface area contributed by atoms with Gasteiger partial charge in [0.2, 0.25) is 10.0 Å². The molecule has 0 heterocycles. The van der Waals surface area contributed by atoms with E-state index in [1.807, 2.05) is 11.9 Å². The Bertz CT molecular complexity index is 692. The van der Waals surface area contributed by atoms with Gasteiger partial charge in [-0.25, -0.2) is 17.5 Å². The molecule has 2 N–H and O–H groups in total. The molecule has 0 amide bonds. The van der Waals surface area contributed by atoms with Gasteiger partial charge in [-0.1, -0.05) is 12.1 Å². The molecule has 0 saturated carbocycles. The average Bonchev–Trinajstić information content (AvgIpc) is 2.47. The number of ether oxygens (including phenoxy) is 1. The number of rotatable bonds is 8. The number of sulfonamides is 1. The molecular formula is C16H27FN4O3S. The molecule has 0 bridgehead atoms. The Labute approximate surface area is 149 Å². The Kier molecular flexibility index (Phi) is 7.62. The zero-order valence-electron chi connectivity index (χ0n) is 15.3. The van der Waals surface area contributed by atoms with Crippen molar-refractivity contribution in [3.8, 4) is 5.75 Å². The summed E-state index contributed by atoms with van der Waals surface area (Å²) in [5.41, 5.74) is -0.673. The molecule has 9 heteroatoms. The predicted octanol–water partition coefficient (Wildman–Crippen LogP) is 1.04. The molecule has 0 aliphatic carbocycles. The first-order chi connectivity index (χ1) is 11.5. The van der Waals surface area contributed by atoms with Crippen LogP contribution in [0.15, 0.2) is 29.3 Å². The highest BCUT2D eigenvalue weighted by Crippen LogP contribution is 2.15. The second-order valence-electron chi connectivity index (χ2n) is 6.36. The number of likely N-dealkylation sites (N-methyl/N-ethyl adjacent to an activating group) is 1. The monoisotopic (exact) mass is 374 g/mol. The van der Waals surface area contributed by atoms with Crippen molar-refractivity contribution in [1.29, 1.82) is 0 Å². The second-order valence-corrected chi connectivity index (χ2v) is 8.11. The molecule has 0 saturated heterocycles. The smallest absolute Gasteiger partial charge is 0.209 e. The number of nitrogens with zero attached hydrogens (tertiary/aromatic N) is 2. The molecule has 25 heavy (non-hydrogen) atoms. The third-order valence-corrected chi connectivity index (χ3v) is 4.17. The summed E-state index contributed by atoms with van der Waals surface area (Å²) >= 11 is 0. The number of halogens is 1. The van der Waals surface area contributed by atoms with Gasteiger partial charge in [0.15, 0.2) is 17.5 Å². The lowest BCUT2D eigenvalue weighted by molar-refractivity contribution is 0.269. The molecule has 1 aromatic rings. The Morgan fingerprint density at radius 2 is 2.00 bits per heavy atom. The van der Waals surface area contributed by atoms with E-state index in [0.29, 0.717) is 19.0 Å². The molecule has 1 aromatic carbocycles. The fourth-order valence-electron chi connectivity index (χ4n) is 2.18. The van der Waals surface area contributed by atoms with E-state index in [1.54, 1.807) is 39.1 Å².